The Balaban J connectivity index is 1.84. The zero-order valence-electron chi connectivity index (χ0n) is 16.7. The van der Waals surface area contributed by atoms with Crippen LogP contribution in [0, 0.1) is 11.3 Å². The number of aliphatic imine (C=N–C) groups is 1. The van der Waals surface area contributed by atoms with E-state index < -0.39 is 36.4 Å². The van der Waals surface area contributed by atoms with Gasteiger partial charge in [-0.1, -0.05) is 6.07 Å². The van der Waals surface area contributed by atoms with Crippen molar-refractivity contribution in [2.24, 2.45) is 4.99 Å². The Kier molecular flexibility index (Phi) is 7.23. The van der Waals surface area contributed by atoms with Gasteiger partial charge in [0.25, 0.3) is 12.3 Å². The van der Waals surface area contributed by atoms with Crippen LogP contribution in [0.25, 0.3) is 6.08 Å². The zero-order valence-corrected chi connectivity index (χ0v) is 17.6. The van der Waals surface area contributed by atoms with Gasteiger partial charge in [-0.3, -0.25) is 4.79 Å². The molecule has 0 atom stereocenters. The molecule has 33 heavy (non-hydrogen) atoms. The molecule has 0 aromatic heterocycles. The molecule has 1 heterocycles. The maximum Gasteiger partial charge on any atom is 0.420 e. The van der Waals surface area contributed by atoms with Gasteiger partial charge in [0.1, 0.15) is 5.75 Å². The predicted octanol–water partition coefficient (Wildman–Crippen LogP) is 5.20. The fourth-order valence-electron chi connectivity index (χ4n) is 2.69. The first-order chi connectivity index (χ1) is 15.6. The number of carbonyl (C=O) groups is 1. The molecule has 1 amide bonds. The lowest BCUT2D eigenvalue weighted by atomic mass is 10.1. The normalized spacial score (nSPS) is 14.9. The average Bonchev–Trinajstić information content (AvgIpc) is 3.11. The Morgan fingerprint density at radius 2 is 1.91 bits per heavy atom. The number of hydrogen-bond donors (Lipinski definition) is 1. The largest absolute Gasteiger partial charge is 0.493 e. The number of nitriles is 1. The van der Waals surface area contributed by atoms with Gasteiger partial charge >= 0.3 is 6.18 Å². The van der Waals surface area contributed by atoms with Crippen molar-refractivity contribution in [3.8, 4) is 23.3 Å². The van der Waals surface area contributed by atoms with E-state index in [1.54, 1.807) is 6.07 Å². The minimum absolute atomic E-state index is 0.0317. The van der Waals surface area contributed by atoms with Crippen LogP contribution in [0.5, 0.6) is 17.2 Å². The number of methoxy groups -OCH3 is 1. The molecule has 172 valence electrons. The van der Waals surface area contributed by atoms with Gasteiger partial charge < -0.3 is 14.8 Å². The van der Waals surface area contributed by atoms with Crippen molar-refractivity contribution in [1.29, 1.82) is 5.26 Å². The summed E-state index contributed by atoms with van der Waals surface area (Å²) in [6, 6.07) is 8.81. The fourth-order valence-corrected chi connectivity index (χ4v) is 3.51. The van der Waals surface area contributed by atoms with Crippen LogP contribution in [-0.2, 0) is 11.0 Å². The Labute approximate surface area is 188 Å². The van der Waals surface area contributed by atoms with E-state index in [1.807, 2.05) is 0 Å². The zero-order chi connectivity index (χ0) is 24.2. The number of nitrogens with zero attached hydrogens (tertiary/aromatic N) is 2. The van der Waals surface area contributed by atoms with Gasteiger partial charge in [-0.25, -0.2) is 8.78 Å². The van der Waals surface area contributed by atoms with Crippen molar-refractivity contribution >= 4 is 28.9 Å². The Morgan fingerprint density at radius 3 is 2.55 bits per heavy atom. The van der Waals surface area contributed by atoms with Gasteiger partial charge in [0, 0.05) is 0 Å². The van der Waals surface area contributed by atoms with E-state index in [0.717, 1.165) is 17.8 Å². The van der Waals surface area contributed by atoms with Crippen LogP contribution in [0.1, 0.15) is 16.7 Å². The molecule has 0 saturated heterocycles. The number of halogens is 5. The van der Waals surface area contributed by atoms with E-state index >= 15 is 0 Å². The van der Waals surface area contributed by atoms with Crippen molar-refractivity contribution in [2.45, 2.75) is 12.6 Å². The molecule has 0 unspecified atom stereocenters. The highest BCUT2D eigenvalue weighted by atomic mass is 32.2. The van der Waals surface area contributed by atoms with Crippen LogP contribution in [0.3, 0.4) is 0 Å². The highest BCUT2D eigenvalue weighted by Crippen LogP contribution is 2.41. The van der Waals surface area contributed by atoms with E-state index in [2.05, 4.69) is 10.3 Å². The number of amidine groups is 1. The molecular weight excluding hydrogens is 469 g/mol. The summed E-state index contributed by atoms with van der Waals surface area (Å²) in [5.74, 6) is -1.09. The number of ether oxygens (including phenoxy) is 2. The fraction of sp³-hybridized carbons (Fsp3) is 0.190. The topological polar surface area (TPSA) is 83.7 Å². The van der Waals surface area contributed by atoms with Crippen LogP contribution in [0.2, 0.25) is 0 Å². The molecule has 1 N–H and O–H groups in total. The number of thioether (sulfide) groups is 1. The number of rotatable bonds is 6. The summed E-state index contributed by atoms with van der Waals surface area (Å²) in [6.07, 6.45) is -5.93. The second-order valence-electron chi connectivity index (χ2n) is 6.44. The SMILES string of the molecule is COc1cc(C=C2SC(NCC(F)F)=NC2=O)ccc1Oc1ccc(C#N)cc1C(F)(F)F. The number of nitrogens with one attached hydrogen (secondary N) is 1. The standard InChI is InChI=1S/C21H14F5N3O3S/c1-31-16-7-11(8-17-19(30)29-20(33-17)28-10-18(22)23)2-5-15(16)32-14-4-3-12(9-27)6-13(14)21(24,25)26/h2-8,18H,10H2,1H3,(H,28,29,30). The first-order valence-electron chi connectivity index (χ1n) is 9.12. The monoisotopic (exact) mass is 483 g/mol. The first-order valence-corrected chi connectivity index (χ1v) is 9.94. The van der Waals surface area contributed by atoms with Crippen molar-refractivity contribution < 1.29 is 36.2 Å². The summed E-state index contributed by atoms with van der Waals surface area (Å²) in [6.45, 7) is -0.651. The summed E-state index contributed by atoms with van der Waals surface area (Å²) in [4.78, 5) is 15.8. The molecule has 12 heteroatoms. The lowest BCUT2D eigenvalue weighted by Gasteiger charge is -2.16. The highest BCUT2D eigenvalue weighted by molar-refractivity contribution is 8.18. The average molecular weight is 483 g/mol. The van der Waals surface area contributed by atoms with Crippen LogP contribution < -0.4 is 14.8 Å². The van der Waals surface area contributed by atoms with Crippen LogP contribution in [0.15, 0.2) is 46.3 Å². The number of carbonyl (C=O) groups excluding carboxylic acids is 1. The second-order valence-corrected chi connectivity index (χ2v) is 7.47. The van der Waals surface area contributed by atoms with E-state index in [-0.39, 0.29) is 27.1 Å². The van der Waals surface area contributed by atoms with Gasteiger partial charge in [0.2, 0.25) is 0 Å². The van der Waals surface area contributed by atoms with Gasteiger partial charge in [0.15, 0.2) is 16.7 Å². The van der Waals surface area contributed by atoms with Crippen molar-refractivity contribution in [2.75, 3.05) is 13.7 Å². The molecule has 0 bridgehead atoms. The van der Waals surface area contributed by atoms with Gasteiger partial charge in [0.05, 0.1) is 35.8 Å². The molecule has 3 rings (SSSR count). The Hall–Kier alpha value is -3.59. The quantitative estimate of drug-likeness (QED) is 0.449. The lowest BCUT2D eigenvalue weighted by Crippen LogP contribution is -2.25. The lowest BCUT2D eigenvalue weighted by molar-refractivity contribution is -0.138. The molecule has 0 aliphatic carbocycles. The molecule has 0 radical (unpaired) electrons. The minimum Gasteiger partial charge on any atom is -0.493 e. The minimum atomic E-state index is -4.75. The summed E-state index contributed by atoms with van der Waals surface area (Å²) in [5, 5.41) is 11.3. The third-order valence-corrected chi connectivity index (χ3v) is 5.09. The molecule has 2 aromatic rings. The van der Waals surface area contributed by atoms with Gasteiger partial charge in [-0.05, 0) is 53.7 Å². The van der Waals surface area contributed by atoms with E-state index in [1.165, 1.54) is 37.5 Å². The van der Waals surface area contributed by atoms with E-state index in [4.69, 9.17) is 14.7 Å². The second kappa shape index (κ2) is 9.91. The number of amides is 1. The summed E-state index contributed by atoms with van der Waals surface area (Å²) >= 11 is 0.878. The number of benzene rings is 2. The van der Waals surface area contributed by atoms with E-state index in [0.29, 0.717) is 11.6 Å². The summed E-state index contributed by atoms with van der Waals surface area (Å²) in [5.41, 5.74) is -0.855. The third kappa shape index (κ3) is 6.01. The molecule has 0 fully saturated rings. The molecule has 0 spiro atoms. The van der Waals surface area contributed by atoms with E-state index in [9.17, 15) is 26.7 Å². The first kappa shape index (κ1) is 24.1. The van der Waals surface area contributed by atoms with Crippen LogP contribution in [0.4, 0.5) is 22.0 Å². The smallest absolute Gasteiger partial charge is 0.420 e. The van der Waals surface area contributed by atoms with Crippen LogP contribution in [-0.4, -0.2) is 31.2 Å². The summed E-state index contributed by atoms with van der Waals surface area (Å²) < 4.78 is 75.4. The maximum absolute atomic E-state index is 13.4. The van der Waals surface area contributed by atoms with Crippen LogP contribution >= 0.6 is 11.8 Å². The van der Waals surface area contributed by atoms with Crippen molar-refractivity contribution in [3.05, 3.63) is 58.0 Å². The van der Waals surface area contributed by atoms with Gasteiger partial charge in [-0.2, -0.15) is 23.4 Å². The molecule has 2 aromatic carbocycles. The summed E-state index contributed by atoms with van der Waals surface area (Å²) in [7, 11) is 1.29. The predicted molar refractivity (Wildman–Crippen MR) is 111 cm³/mol. The number of hydrogen-bond acceptors (Lipinski definition) is 6. The molecular formula is C21H14F5N3O3S. The Bertz CT molecular complexity index is 1170. The number of alkyl halides is 5. The Morgan fingerprint density at radius 1 is 1.18 bits per heavy atom. The van der Waals surface area contributed by atoms with Crippen molar-refractivity contribution in [1.82, 2.24) is 5.32 Å². The third-order valence-electron chi connectivity index (χ3n) is 4.15. The van der Waals surface area contributed by atoms with Crippen molar-refractivity contribution in [3.63, 3.8) is 0 Å². The molecule has 1 aliphatic heterocycles. The highest BCUT2D eigenvalue weighted by Gasteiger charge is 2.35. The molecule has 6 nitrogen and oxygen atoms in total. The van der Waals surface area contributed by atoms with Gasteiger partial charge in [-0.15, -0.1) is 0 Å². The molecule has 0 saturated carbocycles. The molecule has 1 aliphatic rings. The maximum atomic E-state index is 13.4.